The van der Waals surface area contributed by atoms with Gasteiger partial charge in [-0.05, 0) is 27.2 Å². The Morgan fingerprint density at radius 1 is 0.933 bits per heavy atom. The first kappa shape index (κ1) is 15.3. The molecule has 0 unspecified atom stereocenters. The third-order valence-electron chi connectivity index (χ3n) is 1.92. The molecule has 0 aromatic carbocycles. The van der Waals surface area contributed by atoms with Crippen molar-refractivity contribution < 1.29 is 17.7 Å². The predicted octanol–water partition coefficient (Wildman–Crippen LogP) is 0.722. The van der Waals surface area contributed by atoms with Crippen molar-refractivity contribution in [2.75, 3.05) is 26.4 Å². The quantitative estimate of drug-likeness (QED) is 0.424. The van der Waals surface area contributed by atoms with Gasteiger partial charge in [0.1, 0.15) is 10.5 Å². The minimum absolute atomic E-state index is 0.647. The van der Waals surface area contributed by atoms with Crippen LogP contribution >= 0.6 is 0 Å². The molecular formula is C9H24O4Si2. The molecule has 0 saturated carbocycles. The van der Waals surface area contributed by atoms with Crippen molar-refractivity contribution in [2.24, 2.45) is 0 Å². The van der Waals surface area contributed by atoms with E-state index in [1.807, 2.05) is 20.8 Å². The fraction of sp³-hybridized carbons (Fsp3) is 1.00. The Morgan fingerprint density at radius 3 is 1.73 bits per heavy atom. The SMILES string of the molecule is CCO[Si](CCCO[SiH3])(OCC)OCC. The normalized spacial score (nSPS) is 12.2. The van der Waals surface area contributed by atoms with Crippen molar-refractivity contribution in [3.05, 3.63) is 0 Å². The van der Waals surface area contributed by atoms with Gasteiger partial charge in [-0.25, -0.2) is 0 Å². The van der Waals surface area contributed by atoms with E-state index in [4.69, 9.17) is 17.7 Å². The molecule has 0 radical (unpaired) electrons. The smallest absolute Gasteiger partial charge is 0.428 e. The summed E-state index contributed by atoms with van der Waals surface area (Å²) < 4.78 is 22.3. The van der Waals surface area contributed by atoms with Gasteiger partial charge in [0.25, 0.3) is 0 Å². The van der Waals surface area contributed by atoms with Crippen LogP contribution in [0.1, 0.15) is 27.2 Å². The Kier molecular flexibility index (Phi) is 9.67. The molecule has 6 heteroatoms. The lowest BCUT2D eigenvalue weighted by Crippen LogP contribution is -2.46. The molecule has 0 aliphatic rings. The van der Waals surface area contributed by atoms with E-state index in [9.17, 15) is 0 Å². The molecule has 0 heterocycles. The van der Waals surface area contributed by atoms with E-state index in [1.54, 1.807) is 0 Å². The second kappa shape index (κ2) is 9.50. The lowest BCUT2D eigenvalue weighted by molar-refractivity contribution is 0.0698. The van der Waals surface area contributed by atoms with E-state index in [-0.39, 0.29) is 0 Å². The fourth-order valence-corrected chi connectivity index (χ4v) is 4.30. The summed E-state index contributed by atoms with van der Waals surface area (Å²) in [6.07, 6.45) is 0.954. The summed E-state index contributed by atoms with van der Waals surface area (Å²) in [6, 6.07) is 0.852. The highest BCUT2D eigenvalue weighted by molar-refractivity contribution is 6.60. The largest absolute Gasteiger partial charge is 0.501 e. The Morgan fingerprint density at radius 2 is 1.40 bits per heavy atom. The van der Waals surface area contributed by atoms with Crippen molar-refractivity contribution >= 4 is 19.3 Å². The minimum atomic E-state index is -2.40. The van der Waals surface area contributed by atoms with Crippen LogP contribution in [-0.2, 0) is 17.7 Å². The molecule has 0 saturated heterocycles. The zero-order valence-electron chi connectivity index (χ0n) is 10.4. The van der Waals surface area contributed by atoms with Gasteiger partial charge in [0.15, 0.2) is 0 Å². The topological polar surface area (TPSA) is 36.9 Å². The summed E-state index contributed by atoms with van der Waals surface area (Å²) in [5.41, 5.74) is 0. The van der Waals surface area contributed by atoms with Crippen LogP contribution in [0.4, 0.5) is 0 Å². The number of hydrogen-bond donors (Lipinski definition) is 0. The Labute approximate surface area is 97.2 Å². The molecule has 0 amide bonds. The highest BCUT2D eigenvalue weighted by Crippen LogP contribution is 2.17. The molecular weight excluding hydrogens is 228 g/mol. The van der Waals surface area contributed by atoms with Crippen molar-refractivity contribution in [1.82, 2.24) is 0 Å². The zero-order chi connectivity index (χ0) is 11.6. The second-order valence-corrected chi connectivity index (χ2v) is 6.39. The lowest BCUT2D eigenvalue weighted by Gasteiger charge is -2.28. The summed E-state index contributed by atoms with van der Waals surface area (Å²) in [6.45, 7) is 8.65. The molecule has 0 aliphatic carbocycles. The molecule has 0 atom stereocenters. The molecule has 0 spiro atoms. The highest BCUT2D eigenvalue weighted by Gasteiger charge is 2.39. The van der Waals surface area contributed by atoms with E-state index in [0.717, 1.165) is 29.6 Å². The Hall–Kier alpha value is 0.274. The first-order chi connectivity index (χ1) is 7.24. The zero-order valence-corrected chi connectivity index (χ0v) is 13.4. The predicted molar refractivity (Wildman–Crippen MR) is 65.9 cm³/mol. The van der Waals surface area contributed by atoms with Gasteiger partial charge in [0.05, 0.1) is 0 Å². The van der Waals surface area contributed by atoms with Crippen molar-refractivity contribution in [2.45, 2.75) is 33.2 Å². The van der Waals surface area contributed by atoms with Crippen molar-refractivity contribution in [3.8, 4) is 0 Å². The number of hydrogen-bond acceptors (Lipinski definition) is 4. The monoisotopic (exact) mass is 252 g/mol. The van der Waals surface area contributed by atoms with Crippen molar-refractivity contribution in [3.63, 3.8) is 0 Å². The van der Waals surface area contributed by atoms with Crippen LogP contribution in [0.3, 0.4) is 0 Å². The van der Waals surface area contributed by atoms with Crippen LogP contribution in [0, 0.1) is 0 Å². The van der Waals surface area contributed by atoms with Crippen LogP contribution in [0.2, 0.25) is 6.04 Å². The van der Waals surface area contributed by atoms with Gasteiger partial charge in [-0.3, -0.25) is 0 Å². The van der Waals surface area contributed by atoms with E-state index < -0.39 is 8.80 Å². The van der Waals surface area contributed by atoms with Gasteiger partial charge in [-0.15, -0.1) is 0 Å². The summed E-state index contributed by atoms with van der Waals surface area (Å²) in [5, 5.41) is 0. The molecule has 0 aliphatic heterocycles. The van der Waals surface area contributed by atoms with Gasteiger partial charge in [-0.2, -0.15) is 0 Å². The second-order valence-electron chi connectivity index (χ2n) is 3.08. The maximum absolute atomic E-state index is 5.71. The summed E-state index contributed by atoms with van der Waals surface area (Å²) >= 11 is 0. The first-order valence-corrected chi connectivity index (χ1v) is 8.40. The van der Waals surface area contributed by atoms with Crippen LogP contribution in [0.15, 0.2) is 0 Å². The number of rotatable bonds is 10. The fourth-order valence-electron chi connectivity index (χ4n) is 1.43. The van der Waals surface area contributed by atoms with Gasteiger partial charge in [-0.1, -0.05) is 0 Å². The van der Waals surface area contributed by atoms with Gasteiger partial charge < -0.3 is 17.7 Å². The van der Waals surface area contributed by atoms with Gasteiger partial charge in [0.2, 0.25) is 0 Å². The van der Waals surface area contributed by atoms with Crippen molar-refractivity contribution in [1.29, 1.82) is 0 Å². The van der Waals surface area contributed by atoms with Gasteiger partial charge in [0, 0.05) is 32.5 Å². The minimum Gasteiger partial charge on any atom is -0.428 e. The Balaban J connectivity index is 4.18. The third-order valence-corrected chi connectivity index (χ3v) is 5.48. The maximum atomic E-state index is 5.71. The van der Waals surface area contributed by atoms with Gasteiger partial charge >= 0.3 is 8.80 Å². The average Bonchev–Trinajstić information content (AvgIpc) is 2.19. The first-order valence-electron chi connectivity index (χ1n) is 5.65. The van der Waals surface area contributed by atoms with E-state index in [0.29, 0.717) is 19.8 Å². The highest BCUT2D eigenvalue weighted by atomic mass is 28.4. The lowest BCUT2D eigenvalue weighted by atomic mass is 10.5. The van der Waals surface area contributed by atoms with E-state index >= 15 is 0 Å². The summed E-state index contributed by atoms with van der Waals surface area (Å²) in [7, 11) is -1.61. The third kappa shape index (κ3) is 6.44. The van der Waals surface area contributed by atoms with Crippen LogP contribution in [0.5, 0.6) is 0 Å². The molecule has 92 valence electrons. The summed E-state index contributed by atoms with van der Waals surface area (Å²) in [5.74, 6) is 0. The molecule has 0 rings (SSSR count). The summed E-state index contributed by atoms with van der Waals surface area (Å²) in [4.78, 5) is 0. The molecule has 0 N–H and O–H groups in total. The average molecular weight is 252 g/mol. The molecule has 15 heavy (non-hydrogen) atoms. The molecule has 0 bridgehead atoms. The molecule has 0 aromatic rings. The van der Waals surface area contributed by atoms with Crippen LogP contribution in [-0.4, -0.2) is 45.7 Å². The maximum Gasteiger partial charge on any atom is 0.501 e. The molecule has 4 nitrogen and oxygen atoms in total. The van der Waals surface area contributed by atoms with Crippen LogP contribution < -0.4 is 0 Å². The van der Waals surface area contributed by atoms with E-state index in [1.165, 1.54) is 0 Å². The van der Waals surface area contributed by atoms with Crippen LogP contribution in [0.25, 0.3) is 0 Å². The van der Waals surface area contributed by atoms with E-state index in [2.05, 4.69) is 0 Å². The Bertz CT molecular complexity index is 129. The standard InChI is InChI=1S/C9H24O4Si2/c1-4-11-15(12-5-2,13-6-3)9-7-8-10-14/h4-9H2,1-3,14H3. The molecule has 0 aromatic heterocycles. The molecule has 0 fully saturated rings.